The number of amides is 1. The number of aliphatic hydroxyl groups excluding tert-OH is 11. The molecule has 1 amide bonds. The van der Waals surface area contributed by atoms with Crippen LogP contribution in [-0.2, 0) is 33.2 Å². The molecule has 3 saturated heterocycles. The molecule has 19 nitrogen and oxygen atoms in total. The molecular formula is C89H149NO18. The van der Waals surface area contributed by atoms with E-state index in [1.165, 1.54) is 109 Å². The van der Waals surface area contributed by atoms with Crippen LogP contribution in [0.4, 0.5) is 0 Å². The Morgan fingerprint density at radius 3 is 1.00 bits per heavy atom. The van der Waals surface area contributed by atoms with Crippen LogP contribution in [-0.4, -0.2) is 193 Å². The first-order valence-corrected chi connectivity index (χ1v) is 42.1. The lowest BCUT2D eigenvalue weighted by Crippen LogP contribution is -2.66. The third-order valence-corrected chi connectivity index (χ3v) is 19.9. The van der Waals surface area contributed by atoms with Gasteiger partial charge < -0.3 is 89.9 Å². The largest absolute Gasteiger partial charge is 0.394 e. The van der Waals surface area contributed by atoms with Crippen LogP contribution in [0.2, 0.25) is 0 Å². The Labute approximate surface area is 651 Å². The minimum Gasteiger partial charge on any atom is -0.394 e. The van der Waals surface area contributed by atoms with Crippen molar-refractivity contribution in [1.82, 2.24) is 5.32 Å². The minimum atomic E-state index is -1.99. The highest BCUT2D eigenvalue weighted by Crippen LogP contribution is 2.33. The second-order valence-corrected chi connectivity index (χ2v) is 29.2. The summed E-state index contributed by atoms with van der Waals surface area (Å²) in [6, 6.07) is -0.991. The molecule has 19 heteroatoms. The van der Waals surface area contributed by atoms with Crippen molar-refractivity contribution in [2.45, 2.75) is 381 Å². The summed E-state index contributed by atoms with van der Waals surface area (Å²) in [5.74, 6) is -0.290. The highest BCUT2D eigenvalue weighted by atomic mass is 16.8. The van der Waals surface area contributed by atoms with E-state index in [1.54, 1.807) is 6.08 Å². The van der Waals surface area contributed by atoms with Crippen LogP contribution in [0.3, 0.4) is 0 Å². The molecule has 0 aromatic carbocycles. The number of allylic oxidation sites excluding steroid dienone is 23. The molecule has 0 aromatic heterocycles. The number of hydrogen-bond donors (Lipinski definition) is 12. The van der Waals surface area contributed by atoms with Crippen LogP contribution < -0.4 is 5.32 Å². The molecule has 0 saturated carbocycles. The summed E-state index contributed by atoms with van der Waals surface area (Å²) in [4.78, 5) is 13.5. The van der Waals surface area contributed by atoms with E-state index in [0.29, 0.717) is 6.42 Å². The maximum atomic E-state index is 13.5. The van der Waals surface area contributed by atoms with Gasteiger partial charge in [-0.15, -0.1) is 0 Å². The zero-order valence-corrected chi connectivity index (χ0v) is 66.3. The fraction of sp³-hybridized carbons (Fsp3) is 0.719. The Kier molecular flexibility index (Phi) is 60.9. The van der Waals surface area contributed by atoms with Crippen LogP contribution in [0.25, 0.3) is 0 Å². The quantitative estimate of drug-likeness (QED) is 0.0199. The smallest absolute Gasteiger partial charge is 0.220 e. The van der Waals surface area contributed by atoms with Gasteiger partial charge in [0.25, 0.3) is 0 Å². The van der Waals surface area contributed by atoms with Crippen molar-refractivity contribution in [1.29, 1.82) is 0 Å². The lowest BCUT2D eigenvalue weighted by molar-refractivity contribution is -0.379. The predicted molar refractivity (Wildman–Crippen MR) is 433 cm³/mol. The number of ether oxygens (including phenoxy) is 6. The highest BCUT2D eigenvalue weighted by Gasteiger charge is 2.54. The number of unbranched alkanes of at least 4 members (excludes halogenated alkanes) is 27. The van der Waals surface area contributed by atoms with Gasteiger partial charge in [-0.1, -0.05) is 314 Å². The van der Waals surface area contributed by atoms with Crippen molar-refractivity contribution in [2.75, 3.05) is 26.4 Å². The van der Waals surface area contributed by atoms with Crippen LogP contribution >= 0.6 is 0 Å². The Morgan fingerprint density at radius 2 is 0.639 bits per heavy atom. The molecule has 3 aliphatic heterocycles. The van der Waals surface area contributed by atoms with Crippen LogP contribution in [0, 0.1) is 0 Å². The fourth-order valence-electron chi connectivity index (χ4n) is 13.2. The maximum absolute atomic E-state index is 13.5. The lowest BCUT2D eigenvalue weighted by atomic mass is 9.96. The van der Waals surface area contributed by atoms with E-state index in [0.717, 1.165) is 141 Å². The van der Waals surface area contributed by atoms with Crippen molar-refractivity contribution in [2.24, 2.45) is 0 Å². The number of nitrogens with one attached hydrogen (secondary N) is 1. The molecule has 17 atom stereocenters. The van der Waals surface area contributed by atoms with E-state index < -0.39 is 124 Å². The summed E-state index contributed by atoms with van der Waals surface area (Å²) in [6.45, 7) is 1.62. The fourth-order valence-corrected chi connectivity index (χ4v) is 13.2. The van der Waals surface area contributed by atoms with Gasteiger partial charge >= 0.3 is 0 Å². The molecule has 0 bridgehead atoms. The molecule has 3 rings (SSSR count). The number of hydrogen-bond acceptors (Lipinski definition) is 18. The Hall–Kier alpha value is -4.33. The van der Waals surface area contributed by atoms with E-state index in [1.807, 2.05) is 6.08 Å². The molecule has 0 aromatic rings. The summed E-state index contributed by atoms with van der Waals surface area (Å²) < 4.78 is 34.5. The van der Waals surface area contributed by atoms with Crippen molar-refractivity contribution >= 4 is 5.91 Å². The van der Waals surface area contributed by atoms with E-state index in [4.69, 9.17) is 28.4 Å². The minimum absolute atomic E-state index is 0.222. The van der Waals surface area contributed by atoms with E-state index in [-0.39, 0.29) is 18.9 Å². The first-order valence-electron chi connectivity index (χ1n) is 42.1. The third kappa shape index (κ3) is 46.0. The molecule has 12 N–H and O–H groups in total. The zero-order valence-electron chi connectivity index (χ0n) is 66.3. The van der Waals surface area contributed by atoms with Crippen molar-refractivity contribution in [3.8, 4) is 0 Å². The first-order chi connectivity index (χ1) is 52.8. The topological polar surface area (TPSA) is 307 Å². The van der Waals surface area contributed by atoms with Gasteiger partial charge in [0.15, 0.2) is 18.9 Å². The van der Waals surface area contributed by atoms with Crippen molar-refractivity contribution in [3.05, 3.63) is 146 Å². The van der Waals surface area contributed by atoms with Gasteiger partial charge in [-0.3, -0.25) is 4.79 Å². The van der Waals surface area contributed by atoms with Gasteiger partial charge in [-0.25, -0.2) is 0 Å². The van der Waals surface area contributed by atoms with Crippen molar-refractivity contribution in [3.63, 3.8) is 0 Å². The number of rotatable bonds is 65. The Bertz CT molecular complexity index is 2520. The summed E-state index contributed by atoms with van der Waals surface area (Å²) in [5.41, 5.74) is 0. The average molecular weight is 1520 g/mol. The van der Waals surface area contributed by atoms with E-state index in [2.05, 4.69) is 153 Å². The second-order valence-electron chi connectivity index (χ2n) is 29.2. The normalized spacial score (nSPS) is 26.2. The number of aliphatic hydroxyl groups is 11. The Balaban J connectivity index is 1.35. The van der Waals surface area contributed by atoms with Gasteiger partial charge in [0.2, 0.25) is 5.91 Å². The first kappa shape index (κ1) is 97.9. The molecule has 17 unspecified atom stereocenters. The molecule has 3 aliphatic rings. The lowest BCUT2D eigenvalue weighted by Gasteiger charge is -2.48. The Morgan fingerprint density at radius 1 is 0.343 bits per heavy atom. The standard InChI is InChI=1S/C89H149NO18/c1-3-5-7-9-11-13-15-17-19-21-23-25-27-28-29-30-31-32-33-34-35-36-37-38-39-40-41-42-43-44-45-47-49-51-53-55-57-59-61-63-65-67-77(95)90-72(73(94)66-64-62-60-58-56-54-52-50-48-46-26-24-22-20-18-16-14-12-10-8-6-4-2)71-103-87-83(101)80(98)85(75(69-92)105-87)108-89-84(102)81(99)86(76(70-93)106-89)107-88-82(100)79(97)78(96)74(68-91)104-88/h5,7,11,13,17,19,23,25,28-29,31-32,34-35,37-38,40-41,43-44,47,49,64,66,72-76,78-89,91-94,96-102H,3-4,6,8-10,12,14-16,18,20-22,24,26-27,30,33,36,39,42,45-46,48,50-63,65,67-71H2,1-2H3,(H,90,95)/b7-5-,13-11-,19-17-,25-23-,29-28-,32-31-,35-34-,38-37-,41-40-,44-43-,49-47-,66-64+. The second kappa shape index (κ2) is 67.2. The van der Waals surface area contributed by atoms with Crippen LogP contribution in [0.15, 0.2) is 146 Å². The molecule has 3 heterocycles. The monoisotopic (exact) mass is 1520 g/mol. The third-order valence-electron chi connectivity index (χ3n) is 19.9. The predicted octanol–water partition coefficient (Wildman–Crippen LogP) is 15.0. The summed E-state index contributed by atoms with van der Waals surface area (Å²) in [6.07, 6.45) is 71.1. The number of carbonyl (C=O) groups excluding carboxylic acids is 1. The molecule has 618 valence electrons. The van der Waals surface area contributed by atoms with Crippen molar-refractivity contribution < 1.29 is 89.4 Å². The highest BCUT2D eigenvalue weighted by molar-refractivity contribution is 5.76. The SMILES string of the molecule is CC/C=C\C/C=C\C/C=C\C/C=C\C/C=C\C/C=C\C/C=C\C/C=C\C/C=C\C/C=C\C/C=C\CCCCCCCCCC(=O)NC(COC1OC(CO)C(OC2OC(CO)C(OC3OC(CO)C(O)C(O)C3O)C(O)C2O)C(O)C1O)C(O)/C=C/CCCCCCCCCCCCCCCCCCCCCC. The summed E-state index contributed by atoms with van der Waals surface area (Å²) in [5, 5.41) is 121. The van der Waals surface area contributed by atoms with Gasteiger partial charge in [-0.2, -0.15) is 0 Å². The van der Waals surface area contributed by atoms with E-state index >= 15 is 0 Å². The summed E-state index contributed by atoms with van der Waals surface area (Å²) >= 11 is 0. The van der Waals surface area contributed by atoms with Gasteiger partial charge in [0, 0.05) is 6.42 Å². The molecule has 108 heavy (non-hydrogen) atoms. The molecule has 3 fully saturated rings. The van der Waals surface area contributed by atoms with Gasteiger partial charge in [-0.05, 0) is 103 Å². The number of carbonyl (C=O) groups is 1. The molecule has 0 spiro atoms. The maximum Gasteiger partial charge on any atom is 0.220 e. The van der Waals surface area contributed by atoms with Crippen LogP contribution in [0.1, 0.15) is 277 Å². The van der Waals surface area contributed by atoms with Gasteiger partial charge in [0.1, 0.15) is 73.2 Å². The summed E-state index contributed by atoms with van der Waals surface area (Å²) in [7, 11) is 0. The van der Waals surface area contributed by atoms with Gasteiger partial charge in [0.05, 0.1) is 38.6 Å². The molecule has 0 aliphatic carbocycles. The van der Waals surface area contributed by atoms with E-state index in [9.17, 15) is 61.0 Å². The molecular weight excluding hydrogens is 1370 g/mol. The van der Waals surface area contributed by atoms with Crippen LogP contribution in [0.5, 0.6) is 0 Å². The molecule has 0 radical (unpaired) electrons. The zero-order chi connectivity index (χ0) is 78.1. The average Bonchev–Trinajstić information content (AvgIpc) is 0.787.